The molecule has 0 aliphatic carbocycles. The van der Waals surface area contributed by atoms with Crippen molar-refractivity contribution in [1.82, 2.24) is 0 Å². The van der Waals surface area contributed by atoms with E-state index >= 15 is 0 Å². The van der Waals surface area contributed by atoms with Gasteiger partial charge in [0.25, 0.3) is 0 Å². The third kappa shape index (κ3) is 2.74. The minimum atomic E-state index is 0.840. The van der Waals surface area contributed by atoms with Gasteiger partial charge in [0.15, 0.2) is 0 Å². The summed E-state index contributed by atoms with van der Waals surface area (Å²) in [7, 11) is 6.32. The van der Waals surface area contributed by atoms with Gasteiger partial charge in [0.05, 0.1) is 0 Å². The van der Waals surface area contributed by atoms with E-state index in [0.29, 0.717) is 0 Å². The van der Waals surface area contributed by atoms with Crippen molar-refractivity contribution in [3.05, 3.63) is 83.8 Å². The number of hydrogen-bond donors (Lipinski definition) is 0. The van der Waals surface area contributed by atoms with Crippen molar-refractivity contribution in [2.24, 2.45) is 0 Å². The highest BCUT2D eigenvalue weighted by atomic mass is 15.1. The van der Waals surface area contributed by atoms with Gasteiger partial charge in [-0.1, -0.05) is 43.5 Å². The molecule has 1 aromatic heterocycles. The molecule has 0 bridgehead atoms. The van der Waals surface area contributed by atoms with Crippen molar-refractivity contribution in [2.75, 3.05) is 4.81 Å². The predicted molar refractivity (Wildman–Crippen MR) is 104 cm³/mol. The zero-order chi connectivity index (χ0) is 17.1. The number of rotatable bonds is 4. The average molecular weight is 311 g/mol. The molecule has 2 heterocycles. The Kier molecular flexibility index (Phi) is 4.52. The highest BCUT2D eigenvalue weighted by Crippen LogP contribution is 2.29. The quantitative estimate of drug-likeness (QED) is 0.605. The lowest BCUT2D eigenvalue weighted by atomic mass is 10.0. The Balaban J connectivity index is 2.10. The van der Waals surface area contributed by atoms with E-state index in [1.807, 2.05) is 36.4 Å². The first kappa shape index (κ1) is 16.1. The lowest BCUT2D eigenvalue weighted by Gasteiger charge is -2.26. The van der Waals surface area contributed by atoms with Crippen LogP contribution in [0.3, 0.4) is 0 Å². The molecule has 2 radical (unpaired) electrons. The summed E-state index contributed by atoms with van der Waals surface area (Å²) in [6.07, 6.45) is 9.95. The van der Waals surface area contributed by atoms with Crippen LogP contribution in [0.25, 0.3) is 24.3 Å². The van der Waals surface area contributed by atoms with Gasteiger partial charge in [-0.15, -0.1) is 0 Å². The summed E-state index contributed by atoms with van der Waals surface area (Å²) in [4.78, 5) is 1.73. The van der Waals surface area contributed by atoms with Crippen LogP contribution >= 0.6 is 0 Å². The van der Waals surface area contributed by atoms with Crippen LogP contribution in [0.15, 0.2) is 61.3 Å². The third-order valence-corrected chi connectivity index (χ3v) is 4.27. The van der Waals surface area contributed by atoms with Gasteiger partial charge in [-0.3, -0.25) is 0 Å². The van der Waals surface area contributed by atoms with E-state index in [0.717, 1.165) is 40.4 Å². The molecular weight excluding hydrogens is 291 g/mol. The number of allylic oxidation sites excluding steroid dienone is 1. The minimum absolute atomic E-state index is 0.840. The summed E-state index contributed by atoms with van der Waals surface area (Å²) in [6, 6.07) is 12.2. The van der Waals surface area contributed by atoms with Crippen LogP contribution < -0.4 is 9.38 Å². The SMILES string of the molecule is [B]N1/C(=C/c2ccc(C=C)c(C=C)[n+]2CC)C=Cc2ccccc21. The van der Waals surface area contributed by atoms with Crippen LogP contribution in [0, 0.1) is 0 Å². The van der Waals surface area contributed by atoms with Gasteiger partial charge in [0.2, 0.25) is 19.4 Å². The Labute approximate surface area is 145 Å². The van der Waals surface area contributed by atoms with Crippen molar-refractivity contribution in [1.29, 1.82) is 0 Å². The van der Waals surface area contributed by atoms with E-state index in [1.54, 1.807) is 4.81 Å². The van der Waals surface area contributed by atoms with Gasteiger partial charge in [0.1, 0.15) is 6.54 Å². The number of hydrogen-bond acceptors (Lipinski definition) is 1. The summed E-state index contributed by atoms with van der Waals surface area (Å²) in [5.41, 5.74) is 6.27. The zero-order valence-corrected chi connectivity index (χ0v) is 13.9. The molecule has 2 nitrogen and oxygen atoms in total. The standard InChI is InChI=1S/C21H20BN2/c1-4-16-11-13-18(23(6-3)20(16)5-2)15-19-14-12-17-9-7-8-10-21(17)24(19)22/h4-5,7-15H,1-2,6H2,3H3/q+1. The number of benzene rings is 1. The lowest BCUT2D eigenvalue weighted by Crippen LogP contribution is -2.40. The largest absolute Gasteiger partial charge is 0.397 e. The fourth-order valence-corrected chi connectivity index (χ4v) is 3.04. The monoisotopic (exact) mass is 311 g/mol. The third-order valence-electron chi connectivity index (χ3n) is 4.27. The maximum atomic E-state index is 6.32. The zero-order valence-electron chi connectivity index (χ0n) is 13.9. The Morgan fingerprint density at radius 2 is 1.88 bits per heavy atom. The molecule has 0 fully saturated rings. The van der Waals surface area contributed by atoms with E-state index in [4.69, 9.17) is 7.98 Å². The number of anilines is 1. The minimum Gasteiger partial charge on any atom is -0.397 e. The second kappa shape index (κ2) is 6.75. The van der Waals surface area contributed by atoms with Crippen LogP contribution in [-0.4, -0.2) is 7.98 Å². The number of pyridine rings is 1. The van der Waals surface area contributed by atoms with Crippen molar-refractivity contribution in [3.8, 4) is 0 Å². The Morgan fingerprint density at radius 1 is 1.08 bits per heavy atom. The maximum absolute atomic E-state index is 6.32. The van der Waals surface area contributed by atoms with Crippen LogP contribution in [0.1, 0.15) is 29.4 Å². The number of fused-ring (bicyclic) bond motifs is 1. The van der Waals surface area contributed by atoms with E-state index in [2.05, 4.69) is 55.0 Å². The molecule has 3 heteroatoms. The Bertz CT molecular complexity index is 862. The summed E-state index contributed by atoms with van der Waals surface area (Å²) >= 11 is 0. The number of aromatic nitrogens is 1. The van der Waals surface area contributed by atoms with Crippen molar-refractivity contribution < 1.29 is 4.57 Å². The average Bonchev–Trinajstić information content (AvgIpc) is 2.63. The van der Waals surface area contributed by atoms with E-state index in [9.17, 15) is 0 Å². The topological polar surface area (TPSA) is 7.12 Å². The molecule has 0 saturated carbocycles. The molecule has 2 aromatic rings. The highest BCUT2D eigenvalue weighted by Gasteiger charge is 2.18. The Morgan fingerprint density at radius 3 is 2.58 bits per heavy atom. The highest BCUT2D eigenvalue weighted by molar-refractivity contribution is 6.22. The van der Waals surface area contributed by atoms with Crippen molar-refractivity contribution in [2.45, 2.75) is 13.5 Å². The maximum Gasteiger partial charge on any atom is 0.234 e. The van der Waals surface area contributed by atoms with Crippen molar-refractivity contribution in [3.63, 3.8) is 0 Å². The van der Waals surface area contributed by atoms with E-state index < -0.39 is 0 Å². The first-order valence-corrected chi connectivity index (χ1v) is 8.05. The van der Waals surface area contributed by atoms with Gasteiger partial charge in [-0.25, -0.2) is 0 Å². The molecule has 0 unspecified atom stereocenters. The number of nitrogens with zero attached hydrogens (tertiary/aromatic N) is 2. The second-order valence-electron chi connectivity index (χ2n) is 5.58. The van der Waals surface area contributed by atoms with Gasteiger partial charge in [0, 0.05) is 35.2 Å². The van der Waals surface area contributed by atoms with Crippen LogP contribution in [0.5, 0.6) is 0 Å². The molecule has 24 heavy (non-hydrogen) atoms. The second-order valence-corrected chi connectivity index (χ2v) is 5.58. The summed E-state index contributed by atoms with van der Waals surface area (Å²) < 4.78 is 2.21. The molecule has 1 aromatic carbocycles. The smallest absolute Gasteiger partial charge is 0.234 e. The fourth-order valence-electron chi connectivity index (χ4n) is 3.04. The molecule has 0 amide bonds. The van der Waals surface area contributed by atoms with Gasteiger partial charge < -0.3 is 4.81 Å². The predicted octanol–water partition coefficient (Wildman–Crippen LogP) is 4.24. The van der Waals surface area contributed by atoms with E-state index in [1.165, 1.54) is 0 Å². The molecule has 0 atom stereocenters. The van der Waals surface area contributed by atoms with Crippen LogP contribution in [0.2, 0.25) is 0 Å². The summed E-state index contributed by atoms with van der Waals surface area (Å²) in [5, 5.41) is 0. The van der Waals surface area contributed by atoms with Gasteiger partial charge in [-0.05, 0) is 30.7 Å². The molecule has 0 spiro atoms. The molecule has 0 saturated heterocycles. The van der Waals surface area contributed by atoms with E-state index in [-0.39, 0.29) is 0 Å². The van der Waals surface area contributed by atoms with Crippen molar-refractivity contribution >= 4 is 38.0 Å². The molecular formula is C21H20BN2+. The van der Waals surface area contributed by atoms with Crippen LogP contribution in [0.4, 0.5) is 5.69 Å². The Hall–Kier alpha value is -2.81. The van der Waals surface area contributed by atoms with Gasteiger partial charge in [-0.2, -0.15) is 4.57 Å². The molecule has 3 rings (SSSR count). The first-order valence-electron chi connectivity index (χ1n) is 8.05. The molecule has 1 aliphatic heterocycles. The normalized spacial score (nSPS) is 14.5. The molecule has 0 N–H and O–H groups in total. The number of para-hydroxylation sites is 1. The molecule has 1 aliphatic rings. The van der Waals surface area contributed by atoms with Gasteiger partial charge >= 0.3 is 0 Å². The van der Waals surface area contributed by atoms with Crippen LogP contribution in [-0.2, 0) is 6.54 Å². The lowest BCUT2D eigenvalue weighted by molar-refractivity contribution is -0.697. The summed E-state index contributed by atoms with van der Waals surface area (Å²) in [5.74, 6) is 0. The fraction of sp³-hybridized carbons (Fsp3) is 0.0952. The summed E-state index contributed by atoms with van der Waals surface area (Å²) in [6.45, 7) is 10.8. The molecule has 116 valence electrons. The first-order chi connectivity index (χ1) is 11.7.